The van der Waals surface area contributed by atoms with E-state index in [1.54, 1.807) is 13.2 Å². The molecule has 2 N–H and O–H groups in total. The van der Waals surface area contributed by atoms with Crippen LogP contribution in [-0.4, -0.2) is 151 Å². The van der Waals surface area contributed by atoms with Crippen LogP contribution < -0.4 is 9.47 Å². The summed E-state index contributed by atoms with van der Waals surface area (Å²) in [6.07, 6.45) is 4.65. The monoisotopic (exact) mass is 1570 g/mol. The van der Waals surface area contributed by atoms with Gasteiger partial charge in [-0.1, -0.05) is 43.3 Å². The number of carbonyl (C=O) groups excluding carboxylic acids is 1. The molecule has 0 radical (unpaired) electrons. The van der Waals surface area contributed by atoms with Crippen molar-refractivity contribution in [2.45, 2.75) is 261 Å². The molecule has 0 amide bonds. The second kappa shape index (κ2) is 33.7. The Morgan fingerprint density at radius 3 is 0.904 bits per heavy atom. The quantitative estimate of drug-likeness (QED) is 0.0307. The number of aromatic hydroxyl groups is 1. The molecule has 3 rings (SSSR count). The van der Waals surface area contributed by atoms with E-state index in [-0.39, 0.29) is 24.7 Å². The Labute approximate surface area is 585 Å². The number of esters is 1. The highest BCUT2D eigenvalue weighted by atomic mass is 28.5. The van der Waals surface area contributed by atoms with Crippen LogP contribution in [0.4, 0.5) is 0 Å². The fraction of sp³-hybridized carbons (Fsp3) is 0.683. The van der Waals surface area contributed by atoms with E-state index < -0.39 is 128 Å². The molecule has 0 saturated carbocycles. The van der Waals surface area contributed by atoms with Crippen molar-refractivity contribution in [2.24, 2.45) is 0 Å². The third kappa shape index (κ3) is 34.4. The van der Waals surface area contributed by atoms with Crippen molar-refractivity contribution in [3.05, 3.63) is 88.5 Å². The molecular formula is C60H126O19Si15. The van der Waals surface area contributed by atoms with Gasteiger partial charge in [0, 0.05) is 5.56 Å². The maximum absolute atomic E-state index is 12.9. The molecule has 0 aliphatic carbocycles. The van der Waals surface area contributed by atoms with Crippen molar-refractivity contribution < 1.29 is 82.1 Å². The molecule has 0 spiro atoms. The molecule has 0 saturated heterocycles. The number of hydrogen-bond donors (Lipinski definition) is 2. The summed E-state index contributed by atoms with van der Waals surface area (Å²) in [5.41, 5.74) is 4.87. The summed E-state index contributed by atoms with van der Waals surface area (Å²) in [5.74, 6) is 0.738. The molecule has 0 aromatic heterocycles. The van der Waals surface area contributed by atoms with Gasteiger partial charge in [-0.3, -0.25) is 4.79 Å². The molecule has 540 valence electrons. The van der Waals surface area contributed by atoms with Crippen molar-refractivity contribution in [2.75, 3.05) is 7.11 Å². The van der Waals surface area contributed by atoms with Crippen LogP contribution in [0.5, 0.6) is 17.2 Å². The van der Waals surface area contributed by atoms with Crippen molar-refractivity contribution in [1.82, 2.24) is 0 Å². The number of aliphatic hydroxyl groups excluding tert-OH is 1. The van der Waals surface area contributed by atoms with Gasteiger partial charge in [-0.15, -0.1) is 0 Å². The zero-order chi connectivity index (χ0) is 72.4. The summed E-state index contributed by atoms with van der Waals surface area (Å²) in [6.45, 7) is 64.7. The van der Waals surface area contributed by atoms with E-state index in [0.717, 1.165) is 60.9 Å². The Morgan fingerprint density at radius 2 is 0.617 bits per heavy atom. The average Bonchev–Trinajstić information content (AvgIpc) is 0.812. The molecule has 0 bridgehead atoms. The van der Waals surface area contributed by atoms with Gasteiger partial charge >= 0.3 is 117 Å². The second-order valence-electron chi connectivity index (χ2n) is 31.8. The lowest BCUT2D eigenvalue weighted by Gasteiger charge is -2.45. The lowest BCUT2D eigenvalue weighted by molar-refractivity contribution is -0.133. The van der Waals surface area contributed by atoms with Crippen LogP contribution in [0.25, 0.3) is 0 Å². The number of ether oxygens (including phenoxy) is 2. The first-order chi connectivity index (χ1) is 42.1. The molecule has 0 unspecified atom stereocenters. The largest absolute Gasteiger partial charge is 0.508 e. The summed E-state index contributed by atoms with van der Waals surface area (Å²) in [4.78, 5) is 12.9. The fourth-order valence-electron chi connectivity index (χ4n) is 13.3. The second-order valence-corrected chi connectivity index (χ2v) is 87.6. The molecule has 0 aliphatic heterocycles. The summed E-state index contributed by atoms with van der Waals surface area (Å²) in [6, 6.07) is 21.1. The van der Waals surface area contributed by atoms with Gasteiger partial charge in [-0.2, -0.15) is 0 Å². The number of aryl methyl sites for hydroxylation is 3. The topological polar surface area (TPSA) is 205 Å². The predicted molar refractivity (Wildman–Crippen MR) is 416 cm³/mol. The zero-order valence-electron chi connectivity index (χ0n) is 64.0. The van der Waals surface area contributed by atoms with E-state index in [9.17, 15) is 15.0 Å². The first kappa shape index (κ1) is 87.6. The highest BCUT2D eigenvalue weighted by Crippen LogP contribution is 2.36. The van der Waals surface area contributed by atoms with Gasteiger partial charge in [0.1, 0.15) is 5.75 Å². The van der Waals surface area contributed by atoms with Crippen molar-refractivity contribution in [3.63, 3.8) is 0 Å². The van der Waals surface area contributed by atoms with Crippen molar-refractivity contribution in [1.29, 1.82) is 0 Å². The van der Waals surface area contributed by atoms with Gasteiger partial charge in [0.25, 0.3) is 0 Å². The first-order valence-corrected chi connectivity index (χ1v) is 76.2. The number of methoxy groups -OCH3 is 1. The van der Waals surface area contributed by atoms with Crippen LogP contribution in [0.1, 0.15) is 47.6 Å². The van der Waals surface area contributed by atoms with E-state index in [1.165, 1.54) is 5.56 Å². The Hall–Kier alpha value is -0.617. The smallest absolute Gasteiger partial charge is 0.315 e. The van der Waals surface area contributed by atoms with E-state index in [2.05, 4.69) is 203 Å². The van der Waals surface area contributed by atoms with E-state index in [4.69, 9.17) is 67.1 Å². The lowest BCUT2D eigenvalue weighted by atomic mass is 10.1. The minimum Gasteiger partial charge on any atom is -0.508 e. The van der Waals surface area contributed by atoms with E-state index in [1.807, 2.05) is 54.6 Å². The van der Waals surface area contributed by atoms with E-state index >= 15 is 0 Å². The number of rotatable bonds is 42. The maximum atomic E-state index is 12.9. The third-order valence-corrected chi connectivity index (χ3v) is 72.6. The lowest BCUT2D eigenvalue weighted by Crippen LogP contribution is -2.63. The normalized spacial score (nSPS) is 14.4. The van der Waals surface area contributed by atoms with Gasteiger partial charge in [-0.25, -0.2) is 0 Å². The molecular weight excluding hydrogens is 1450 g/mol. The zero-order valence-corrected chi connectivity index (χ0v) is 79.0. The number of benzene rings is 3. The molecule has 0 aliphatic rings. The molecule has 0 atom stereocenters. The number of hydrogen-bond acceptors (Lipinski definition) is 19. The van der Waals surface area contributed by atoms with Crippen LogP contribution in [0.3, 0.4) is 0 Å². The predicted octanol–water partition coefficient (Wildman–Crippen LogP) is 16.9. The summed E-state index contributed by atoms with van der Waals surface area (Å²) < 4.78 is 109. The van der Waals surface area contributed by atoms with Crippen molar-refractivity contribution in [3.8, 4) is 17.2 Å². The Kier molecular flexibility index (Phi) is 31.4. The van der Waals surface area contributed by atoms with Crippen LogP contribution in [0.15, 0.2) is 60.7 Å². The standard InChI is InChI=1S/C60H126O19Si15/c1-33-52-38-40-55(41-39-52)50-60(63)65-58-45-43-54(49-59(58)64-2)37-35-47-81(5,6)67-83(9,10)69-85(13,14)71-87(17,18)73-89(21,22)75-91(25,26)77-93(29,30)79-94(31,32)78-92(27,28)76-90(23,24)74-88(19,20)72-86(15,16)70-84(11,12)68-82(7,8)66-80(3,4)46-34-36-53-42-44-57(62)56(48-53)51-61/h38-45,48-49,61-62H,33-37,46-47,50-51H2,1-32H3. The highest BCUT2D eigenvalue weighted by molar-refractivity contribution is 6.95. The summed E-state index contributed by atoms with van der Waals surface area (Å²) in [5, 5.41) is 19.6. The van der Waals surface area contributed by atoms with Crippen LogP contribution in [0, 0.1) is 0 Å². The van der Waals surface area contributed by atoms with Crippen LogP contribution >= 0.6 is 0 Å². The van der Waals surface area contributed by atoms with Gasteiger partial charge in [-0.05, 0) is 287 Å². The van der Waals surface area contributed by atoms with Crippen LogP contribution in [-0.2, 0) is 94.7 Å². The maximum Gasteiger partial charge on any atom is 0.315 e. The number of aliphatic hydroxyl groups is 1. The molecule has 19 nitrogen and oxygen atoms in total. The van der Waals surface area contributed by atoms with Crippen LogP contribution in [0.2, 0.25) is 208 Å². The average molecular weight is 1570 g/mol. The minimum atomic E-state index is -2.88. The molecule has 3 aromatic carbocycles. The van der Waals surface area contributed by atoms with Gasteiger partial charge < -0.3 is 77.3 Å². The fourth-order valence-corrected chi connectivity index (χ4v) is 90.7. The number of carbonyl (C=O) groups is 1. The Morgan fingerprint density at radius 1 is 0.351 bits per heavy atom. The molecule has 0 heterocycles. The van der Waals surface area contributed by atoms with Crippen molar-refractivity contribution >= 4 is 134 Å². The molecule has 3 aromatic rings. The van der Waals surface area contributed by atoms with Gasteiger partial charge in [0.05, 0.1) is 20.1 Å². The molecule has 0 fully saturated rings. The molecule has 94 heavy (non-hydrogen) atoms. The van der Waals surface area contributed by atoms with Gasteiger partial charge in [0.15, 0.2) is 28.1 Å². The Balaban J connectivity index is 1.52. The minimum absolute atomic E-state index is 0.118. The molecule has 34 heteroatoms. The highest BCUT2D eigenvalue weighted by Gasteiger charge is 2.53. The SMILES string of the molecule is CCc1ccc(CC(=O)Oc2ccc(CCC[Si](C)(C)O[Si](C)(C)O[Si](C)(C)O[Si](C)(C)O[Si](C)(C)O[Si](C)(C)O[Si](C)(C)O[Si](C)(C)O[Si](C)(C)O[Si](C)(C)O[Si](C)(C)O[Si](C)(C)O[Si](C)(C)O[Si](C)(C)O[Si](C)(C)CCCc3ccc(O)c(CO)c3)cc2OC)cc1. The first-order valence-electron chi connectivity index (χ1n) is 33.3. The summed E-state index contributed by atoms with van der Waals surface area (Å²) in [7, 11) is -39.3. The van der Waals surface area contributed by atoms with E-state index in [0.29, 0.717) is 17.1 Å². The third-order valence-electron chi connectivity index (χ3n) is 14.0. The number of phenols is 1. The Bertz CT molecular complexity index is 2910. The summed E-state index contributed by atoms with van der Waals surface area (Å²) >= 11 is 0. The van der Waals surface area contributed by atoms with Gasteiger partial charge in [0.2, 0.25) is 0 Å².